The highest BCUT2D eigenvalue weighted by atomic mass is 16.3. The van der Waals surface area contributed by atoms with E-state index in [-0.39, 0.29) is 5.41 Å². The van der Waals surface area contributed by atoms with Crippen LogP contribution in [0.3, 0.4) is 0 Å². The van der Waals surface area contributed by atoms with E-state index in [1.165, 1.54) is 60.8 Å². The third-order valence-corrected chi connectivity index (χ3v) is 12.0. The van der Waals surface area contributed by atoms with Gasteiger partial charge in [-0.2, -0.15) is 0 Å². The molecule has 0 amide bonds. The van der Waals surface area contributed by atoms with Crippen LogP contribution in [0.1, 0.15) is 25.0 Å². The molecule has 1 aliphatic rings. The normalized spacial score (nSPS) is 12.9. The van der Waals surface area contributed by atoms with Gasteiger partial charge < -0.3 is 9.32 Å². The average molecular weight is 730 g/mol. The van der Waals surface area contributed by atoms with Gasteiger partial charge in [-0.15, -0.1) is 0 Å². The Morgan fingerprint density at radius 1 is 0.404 bits per heavy atom. The van der Waals surface area contributed by atoms with Gasteiger partial charge in [0.1, 0.15) is 5.58 Å². The molecule has 0 saturated heterocycles. The number of hydrogen-bond donors (Lipinski definition) is 0. The van der Waals surface area contributed by atoms with Crippen molar-refractivity contribution in [2.45, 2.75) is 19.3 Å². The minimum absolute atomic E-state index is 0.102. The summed E-state index contributed by atoms with van der Waals surface area (Å²) in [7, 11) is 0. The van der Waals surface area contributed by atoms with E-state index in [0.717, 1.165) is 44.6 Å². The zero-order valence-electron chi connectivity index (χ0n) is 31.9. The van der Waals surface area contributed by atoms with Crippen molar-refractivity contribution >= 4 is 49.8 Å². The Hall–Kier alpha value is -7.16. The van der Waals surface area contributed by atoms with Crippen LogP contribution in [0, 0.1) is 0 Å². The fourth-order valence-electron chi connectivity index (χ4n) is 9.38. The van der Waals surface area contributed by atoms with E-state index in [9.17, 15) is 0 Å². The molecular formula is C55H39NO. The molecule has 1 heterocycles. The molecule has 1 aromatic heterocycles. The van der Waals surface area contributed by atoms with Crippen LogP contribution in [0.5, 0.6) is 0 Å². The molecule has 2 nitrogen and oxygen atoms in total. The Balaban J connectivity index is 1.05. The number of furan rings is 1. The lowest BCUT2D eigenvalue weighted by atomic mass is 9.79. The van der Waals surface area contributed by atoms with Crippen molar-refractivity contribution in [1.82, 2.24) is 0 Å². The summed E-state index contributed by atoms with van der Waals surface area (Å²) in [5, 5.41) is 4.72. The summed E-state index contributed by atoms with van der Waals surface area (Å²) in [4.78, 5) is 2.35. The van der Waals surface area contributed by atoms with Crippen LogP contribution >= 0.6 is 0 Å². The molecule has 0 saturated carbocycles. The van der Waals surface area contributed by atoms with Crippen LogP contribution in [0.2, 0.25) is 0 Å². The van der Waals surface area contributed by atoms with Crippen molar-refractivity contribution in [3.8, 4) is 44.5 Å². The van der Waals surface area contributed by atoms with Gasteiger partial charge in [0.25, 0.3) is 0 Å². The van der Waals surface area contributed by atoms with Gasteiger partial charge in [0.15, 0.2) is 5.58 Å². The third kappa shape index (κ3) is 5.33. The van der Waals surface area contributed by atoms with Crippen LogP contribution in [0.15, 0.2) is 205 Å². The van der Waals surface area contributed by atoms with Crippen molar-refractivity contribution in [1.29, 1.82) is 0 Å². The number of anilines is 3. The standard InChI is InChI=1S/C55H39NO/c1-55(2)50-27-7-5-21-46(50)48-25-12-24-45(53(48)55)37-30-32-41(33-31-37)56(51-28-13-26-49-47-22-6-8-29-52(47)57-54(49)51)42-19-10-17-39(35-42)38-16-9-18-40(34-38)44-23-11-15-36-14-3-4-20-43(36)44/h3-35H,1-2H3. The number of nitrogens with zero attached hydrogens (tertiary/aromatic N) is 1. The maximum atomic E-state index is 6.68. The summed E-state index contributed by atoms with van der Waals surface area (Å²) < 4.78 is 6.68. The molecule has 0 radical (unpaired) electrons. The van der Waals surface area contributed by atoms with E-state index >= 15 is 0 Å². The first-order valence-corrected chi connectivity index (χ1v) is 19.8. The molecule has 9 aromatic carbocycles. The van der Waals surface area contributed by atoms with Crippen molar-refractivity contribution in [3.05, 3.63) is 211 Å². The summed E-state index contributed by atoms with van der Waals surface area (Å²) >= 11 is 0. The molecule has 0 N–H and O–H groups in total. The second kappa shape index (κ2) is 13.0. The largest absolute Gasteiger partial charge is 0.454 e. The fraction of sp³-hybridized carbons (Fsp3) is 0.0545. The SMILES string of the molecule is CC1(C)c2ccccc2-c2cccc(-c3ccc(N(c4cccc(-c5cccc(-c6cccc7ccccc67)c5)c4)c4cccc5c4oc4ccccc45)cc3)c21. The van der Waals surface area contributed by atoms with Gasteiger partial charge in [-0.05, 0) is 109 Å². The second-order valence-electron chi connectivity index (χ2n) is 15.7. The first-order chi connectivity index (χ1) is 28.0. The van der Waals surface area contributed by atoms with Gasteiger partial charge >= 0.3 is 0 Å². The van der Waals surface area contributed by atoms with Gasteiger partial charge in [-0.3, -0.25) is 0 Å². The molecular weight excluding hydrogens is 691 g/mol. The maximum Gasteiger partial charge on any atom is 0.159 e. The van der Waals surface area contributed by atoms with Crippen molar-refractivity contribution < 1.29 is 4.42 Å². The Kier molecular flexibility index (Phi) is 7.55. The van der Waals surface area contributed by atoms with Gasteiger partial charge in [0.2, 0.25) is 0 Å². The molecule has 10 aromatic rings. The molecule has 2 heteroatoms. The Morgan fingerprint density at radius 2 is 1.02 bits per heavy atom. The fourth-order valence-corrected chi connectivity index (χ4v) is 9.38. The van der Waals surface area contributed by atoms with E-state index in [4.69, 9.17) is 4.42 Å². The Bertz CT molecular complexity index is 3160. The molecule has 0 atom stereocenters. The molecule has 1 aliphatic carbocycles. The second-order valence-corrected chi connectivity index (χ2v) is 15.7. The van der Waals surface area contributed by atoms with Crippen molar-refractivity contribution in [2.24, 2.45) is 0 Å². The smallest absolute Gasteiger partial charge is 0.159 e. The van der Waals surface area contributed by atoms with Gasteiger partial charge in [0.05, 0.1) is 5.69 Å². The summed E-state index contributed by atoms with van der Waals surface area (Å²) in [6, 6.07) is 72.5. The number of benzene rings is 9. The molecule has 57 heavy (non-hydrogen) atoms. The number of para-hydroxylation sites is 2. The van der Waals surface area contributed by atoms with Crippen LogP contribution in [-0.2, 0) is 5.41 Å². The molecule has 0 spiro atoms. The molecule has 0 fully saturated rings. The Labute approximate surface area is 332 Å². The number of hydrogen-bond acceptors (Lipinski definition) is 2. The van der Waals surface area contributed by atoms with Crippen LogP contribution in [-0.4, -0.2) is 0 Å². The topological polar surface area (TPSA) is 16.4 Å². The minimum Gasteiger partial charge on any atom is -0.454 e. The lowest BCUT2D eigenvalue weighted by Crippen LogP contribution is -2.16. The van der Waals surface area contributed by atoms with Crippen molar-refractivity contribution in [3.63, 3.8) is 0 Å². The number of fused-ring (bicyclic) bond motifs is 7. The summed E-state index contributed by atoms with van der Waals surface area (Å²) in [5.74, 6) is 0. The Morgan fingerprint density at radius 3 is 1.91 bits per heavy atom. The van der Waals surface area contributed by atoms with Crippen LogP contribution < -0.4 is 4.90 Å². The summed E-state index contributed by atoms with van der Waals surface area (Å²) in [5.41, 5.74) is 17.4. The number of rotatable bonds is 6. The van der Waals surface area contributed by atoms with E-state index in [0.29, 0.717) is 0 Å². The molecule has 0 bridgehead atoms. The quantitative estimate of drug-likeness (QED) is 0.169. The maximum absolute atomic E-state index is 6.68. The summed E-state index contributed by atoms with van der Waals surface area (Å²) in [6.45, 7) is 4.71. The zero-order chi connectivity index (χ0) is 38.1. The van der Waals surface area contributed by atoms with E-state index in [1.54, 1.807) is 0 Å². The van der Waals surface area contributed by atoms with Gasteiger partial charge in [-0.25, -0.2) is 0 Å². The van der Waals surface area contributed by atoms with Crippen molar-refractivity contribution in [2.75, 3.05) is 4.90 Å². The van der Waals surface area contributed by atoms with E-state index < -0.39 is 0 Å². The molecule has 270 valence electrons. The van der Waals surface area contributed by atoms with E-state index in [1.807, 2.05) is 6.07 Å². The predicted octanol–water partition coefficient (Wildman–Crippen LogP) is 15.5. The first kappa shape index (κ1) is 33.2. The first-order valence-electron chi connectivity index (χ1n) is 19.8. The molecule has 0 unspecified atom stereocenters. The zero-order valence-corrected chi connectivity index (χ0v) is 31.9. The molecule has 0 aliphatic heterocycles. The third-order valence-electron chi connectivity index (χ3n) is 12.0. The molecule has 11 rings (SSSR count). The highest BCUT2D eigenvalue weighted by molar-refractivity contribution is 6.10. The lowest BCUT2D eigenvalue weighted by Gasteiger charge is -2.27. The van der Waals surface area contributed by atoms with Gasteiger partial charge in [-0.1, -0.05) is 172 Å². The predicted molar refractivity (Wildman–Crippen MR) is 240 cm³/mol. The van der Waals surface area contributed by atoms with Crippen LogP contribution in [0.4, 0.5) is 17.1 Å². The summed E-state index contributed by atoms with van der Waals surface area (Å²) in [6.07, 6.45) is 0. The monoisotopic (exact) mass is 729 g/mol. The highest BCUT2D eigenvalue weighted by Gasteiger charge is 2.37. The average Bonchev–Trinajstić information content (AvgIpc) is 3.77. The minimum atomic E-state index is -0.102. The van der Waals surface area contributed by atoms with Gasteiger partial charge in [0, 0.05) is 27.6 Å². The van der Waals surface area contributed by atoms with E-state index in [2.05, 4.69) is 213 Å². The highest BCUT2D eigenvalue weighted by Crippen LogP contribution is 2.52. The van der Waals surface area contributed by atoms with Crippen LogP contribution in [0.25, 0.3) is 77.2 Å². The lowest BCUT2D eigenvalue weighted by molar-refractivity contribution is 0.662.